The average molecular weight is 423 g/mol. The molecular weight excluding hydrogens is 396 g/mol. The van der Waals surface area contributed by atoms with Crippen LogP contribution in [0.15, 0.2) is 84.9 Å². The molecule has 0 saturated carbocycles. The van der Waals surface area contributed by atoms with Crippen molar-refractivity contribution in [3.63, 3.8) is 0 Å². The molecular formula is C26H26N6. The molecule has 1 aliphatic heterocycles. The minimum Gasteiger partial charge on any atom is -0.378 e. The fraction of sp³-hybridized carbons (Fsp3) is 0.154. The number of hydrogen-bond donors (Lipinski definition) is 4. The van der Waals surface area contributed by atoms with Gasteiger partial charge < -0.3 is 21.3 Å². The summed E-state index contributed by atoms with van der Waals surface area (Å²) in [6.45, 7) is 2.60. The molecule has 3 heterocycles. The molecule has 6 heteroatoms. The summed E-state index contributed by atoms with van der Waals surface area (Å²) in [6, 6.07) is 28.8. The Hall–Kier alpha value is -4.06. The molecule has 4 bridgehead atoms. The molecule has 2 aromatic carbocycles. The highest BCUT2D eigenvalue weighted by molar-refractivity contribution is 5.69. The fourth-order valence-corrected chi connectivity index (χ4v) is 3.78. The first-order chi connectivity index (χ1) is 15.8. The van der Waals surface area contributed by atoms with Crippen molar-refractivity contribution < 1.29 is 0 Å². The predicted molar refractivity (Wildman–Crippen MR) is 131 cm³/mol. The van der Waals surface area contributed by atoms with Crippen molar-refractivity contribution in [1.29, 1.82) is 0 Å². The van der Waals surface area contributed by atoms with Crippen LogP contribution in [0.2, 0.25) is 0 Å². The van der Waals surface area contributed by atoms with E-state index in [0.717, 1.165) is 45.5 Å². The number of aromatic nitrogens is 2. The molecule has 0 spiro atoms. The highest BCUT2D eigenvalue weighted by atomic mass is 15.0. The van der Waals surface area contributed by atoms with Crippen LogP contribution in [-0.2, 0) is 26.2 Å². The molecule has 160 valence electrons. The predicted octanol–water partition coefficient (Wildman–Crippen LogP) is 5.24. The number of hydrogen-bond acceptors (Lipinski definition) is 6. The largest absolute Gasteiger partial charge is 0.378 e. The molecule has 5 rings (SSSR count). The molecule has 2 aromatic heterocycles. The SMILES string of the molecule is c1cc2nc(c1)CNc1ccccc1NCc1cccc(n1)CNc1ccccc1NC2. The molecule has 1 aliphatic rings. The Morgan fingerprint density at radius 2 is 0.656 bits per heavy atom. The van der Waals surface area contributed by atoms with Crippen molar-refractivity contribution >= 4 is 22.7 Å². The van der Waals surface area contributed by atoms with Gasteiger partial charge in [0.1, 0.15) is 0 Å². The molecule has 0 fully saturated rings. The van der Waals surface area contributed by atoms with Crippen LogP contribution in [0.3, 0.4) is 0 Å². The summed E-state index contributed by atoms with van der Waals surface area (Å²) in [4.78, 5) is 9.65. The minimum absolute atomic E-state index is 0.651. The number of anilines is 4. The van der Waals surface area contributed by atoms with Gasteiger partial charge in [-0.3, -0.25) is 9.97 Å². The Kier molecular flexibility index (Phi) is 5.83. The van der Waals surface area contributed by atoms with Gasteiger partial charge in [0.2, 0.25) is 0 Å². The van der Waals surface area contributed by atoms with Gasteiger partial charge in [-0.15, -0.1) is 0 Å². The van der Waals surface area contributed by atoms with Crippen LogP contribution in [0, 0.1) is 0 Å². The monoisotopic (exact) mass is 422 g/mol. The van der Waals surface area contributed by atoms with Gasteiger partial charge in [0, 0.05) is 0 Å². The van der Waals surface area contributed by atoms with E-state index in [1.807, 2.05) is 24.3 Å². The van der Waals surface area contributed by atoms with Crippen LogP contribution >= 0.6 is 0 Å². The van der Waals surface area contributed by atoms with Gasteiger partial charge in [0.15, 0.2) is 0 Å². The number of nitrogens with one attached hydrogen (secondary N) is 4. The van der Waals surface area contributed by atoms with Gasteiger partial charge in [-0.1, -0.05) is 36.4 Å². The van der Waals surface area contributed by atoms with Crippen LogP contribution in [0.4, 0.5) is 22.7 Å². The summed E-state index contributed by atoms with van der Waals surface area (Å²) in [5, 5.41) is 14.1. The second-order valence-electron chi connectivity index (χ2n) is 7.75. The van der Waals surface area contributed by atoms with Crippen molar-refractivity contribution in [3.05, 3.63) is 108 Å². The van der Waals surface area contributed by atoms with E-state index < -0.39 is 0 Å². The number of fused-ring (bicyclic) bond motifs is 6. The number of para-hydroxylation sites is 4. The second-order valence-corrected chi connectivity index (χ2v) is 7.75. The molecule has 4 N–H and O–H groups in total. The Bertz CT molecular complexity index is 1030. The number of nitrogens with zero attached hydrogens (tertiary/aromatic N) is 2. The van der Waals surface area contributed by atoms with Gasteiger partial charge in [-0.05, 0) is 48.5 Å². The molecule has 4 aromatic rings. The summed E-state index contributed by atoms with van der Waals surface area (Å²) < 4.78 is 0. The third kappa shape index (κ3) is 4.81. The Labute approximate surface area is 188 Å². The van der Waals surface area contributed by atoms with Gasteiger partial charge in [0.25, 0.3) is 0 Å². The van der Waals surface area contributed by atoms with E-state index in [1.165, 1.54) is 0 Å². The van der Waals surface area contributed by atoms with Crippen LogP contribution < -0.4 is 21.3 Å². The van der Waals surface area contributed by atoms with E-state index in [9.17, 15) is 0 Å². The lowest BCUT2D eigenvalue weighted by Crippen LogP contribution is -2.11. The topological polar surface area (TPSA) is 73.9 Å². The van der Waals surface area contributed by atoms with E-state index in [2.05, 4.69) is 81.9 Å². The summed E-state index contributed by atoms with van der Waals surface area (Å²) >= 11 is 0. The van der Waals surface area contributed by atoms with E-state index in [4.69, 9.17) is 9.97 Å². The van der Waals surface area contributed by atoms with Crippen LogP contribution in [0.5, 0.6) is 0 Å². The summed E-state index contributed by atoms with van der Waals surface area (Å²) in [7, 11) is 0. The maximum atomic E-state index is 4.82. The minimum atomic E-state index is 0.651. The third-order valence-corrected chi connectivity index (χ3v) is 5.42. The Morgan fingerprint density at radius 1 is 0.375 bits per heavy atom. The lowest BCUT2D eigenvalue weighted by atomic mass is 10.2. The van der Waals surface area contributed by atoms with Gasteiger partial charge in [-0.25, -0.2) is 0 Å². The van der Waals surface area contributed by atoms with E-state index in [-0.39, 0.29) is 0 Å². The van der Waals surface area contributed by atoms with Crippen LogP contribution in [-0.4, -0.2) is 9.97 Å². The molecule has 32 heavy (non-hydrogen) atoms. The highest BCUT2D eigenvalue weighted by Crippen LogP contribution is 2.24. The van der Waals surface area contributed by atoms with E-state index >= 15 is 0 Å². The first-order valence-corrected chi connectivity index (χ1v) is 10.9. The maximum Gasteiger partial charge on any atom is 0.0598 e. The zero-order valence-electron chi connectivity index (χ0n) is 17.8. The summed E-state index contributed by atoms with van der Waals surface area (Å²) in [6.07, 6.45) is 0. The lowest BCUT2D eigenvalue weighted by molar-refractivity contribution is 0.953. The summed E-state index contributed by atoms with van der Waals surface area (Å²) in [5.41, 5.74) is 8.19. The van der Waals surface area contributed by atoms with Gasteiger partial charge >= 0.3 is 0 Å². The van der Waals surface area contributed by atoms with Crippen molar-refractivity contribution in [2.75, 3.05) is 21.3 Å². The van der Waals surface area contributed by atoms with Crippen molar-refractivity contribution in [2.24, 2.45) is 0 Å². The maximum absolute atomic E-state index is 4.82. The lowest BCUT2D eigenvalue weighted by Gasteiger charge is -2.16. The number of rotatable bonds is 0. The quantitative estimate of drug-likeness (QED) is 0.311. The van der Waals surface area contributed by atoms with E-state index in [1.54, 1.807) is 0 Å². The smallest absolute Gasteiger partial charge is 0.0598 e. The zero-order chi connectivity index (χ0) is 21.6. The molecule has 0 amide bonds. The molecule has 0 saturated heterocycles. The first kappa shape index (κ1) is 19.9. The standard InChI is InChI=1S/C26H26N6/c1-2-12-24-23(11-1)27-15-19-7-5-9-21(31-19)17-29-25-13-3-4-14-26(25)30-18-22-10-6-8-20(32-22)16-28-24/h1-14,27-30H,15-18H2. The molecule has 0 atom stereocenters. The van der Waals surface area contributed by atoms with Crippen LogP contribution in [0.25, 0.3) is 0 Å². The van der Waals surface area contributed by atoms with Crippen molar-refractivity contribution in [3.8, 4) is 0 Å². The Morgan fingerprint density at radius 3 is 0.938 bits per heavy atom. The van der Waals surface area contributed by atoms with Crippen LogP contribution in [0.1, 0.15) is 22.8 Å². The third-order valence-electron chi connectivity index (χ3n) is 5.42. The number of pyridine rings is 2. The van der Waals surface area contributed by atoms with E-state index in [0.29, 0.717) is 26.2 Å². The molecule has 6 nitrogen and oxygen atoms in total. The Balaban J connectivity index is 1.46. The van der Waals surface area contributed by atoms with Gasteiger partial charge in [0.05, 0.1) is 71.7 Å². The second kappa shape index (κ2) is 9.39. The van der Waals surface area contributed by atoms with Gasteiger partial charge in [-0.2, -0.15) is 0 Å². The molecule has 0 radical (unpaired) electrons. The first-order valence-electron chi connectivity index (χ1n) is 10.9. The highest BCUT2D eigenvalue weighted by Gasteiger charge is 2.07. The molecule has 0 unspecified atom stereocenters. The summed E-state index contributed by atoms with van der Waals surface area (Å²) in [5.74, 6) is 0. The number of benzene rings is 2. The average Bonchev–Trinajstić information content (AvgIpc) is 2.85. The zero-order valence-corrected chi connectivity index (χ0v) is 17.8. The fourth-order valence-electron chi connectivity index (χ4n) is 3.78. The van der Waals surface area contributed by atoms with Crippen molar-refractivity contribution in [1.82, 2.24) is 9.97 Å². The normalized spacial score (nSPS) is 13.5. The van der Waals surface area contributed by atoms with Crippen molar-refractivity contribution in [2.45, 2.75) is 26.2 Å². The molecule has 0 aliphatic carbocycles.